The number of hydrogen-bond donors (Lipinski definition) is 2. The summed E-state index contributed by atoms with van der Waals surface area (Å²) < 4.78 is 53.6. The van der Waals surface area contributed by atoms with E-state index in [0.717, 1.165) is 23.9 Å². The van der Waals surface area contributed by atoms with Crippen molar-refractivity contribution in [1.29, 1.82) is 0 Å². The van der Waals surface area contributed by atoms with Crippen molar-refractivity contribution in [3.8, 4) is 5.75 Å². The molecular weight excluding hydrogens is 288 g/mol. The Hall–Kier alpha value is -2.28. The lowest BCUT2D eigenvalue weighted by atomic mass is 10.2. The van der Waals surface area contributed by atoms with Gasteiger partial charge in [0.2, 0.25) is 0 Å². The van der Waals surface area contributed by atoms with Gasteiger partial charge < -0.3 is 10.2 Å². The van der Waals surface area contributed by atoms with Crippen molar-refractivity contribution in [2.24, 2.45) is 0 Å². The molecule has 0 aliphatic heterocycles. The van der Waals surface area contributed by atoms with Crippen molar-refractivity contribution >= 4 is 5.69 Å². The van der Waals surface area contributed by atoms with E-state index in [2.05, 4.69) is 15.6 Å². The molecule has 3 nitrogen and oxygen atoms in total. The Labute approximate surface area is 118 Å². The monoisotopic (exact) mass is 300 g/mol. The molecular formula is C14H12F4N2O. The van der Waals surface area contributed by atoms with Crippen molar-refractivity contribution < 1.29 is 22.3 Å². The molecule has 2 aromatic rings. The molecule has 0 amide bonds. The summed E-state index contributed by atoms with van der Waals surface area (Å²) in [5.41, 5.74) is 6.34. The molecule has 0 heterocycles. The van der Waals surface area contributed by atoms with Gasteiger partial charge in [0.05, 0.1) is 0 Å². The van der Waals surface area contributed by atoms with Gasteiger partial charge in [-0.1, -0.05) is 18.2 Å². The van der Waals surface area contributed by atoms with Gasteiger partial charge in [-0.15, -0.1) is 13.2 Å². The van der Waals surface area contributed by atoms with Gasteiger partial charge in [0.15, 0.2) is 0 Å². The summed E-state index contributed by atoms with van der Waals surface area (Å²) in [6.45, 7) is -0.00418. The second kappa shape index (κ2) is 6.45. The maximum absolute atomic E-state index is 13.5. The SMILES string of the molecule is Fc1ccc(OC(F)(F)F)cc1CNNc1ccccc1. The van der Waals surface area contributed by atoms with E-state index in [4.69, 9.17) is 0 Å². The van der Waals surface area contributed by atoms with Crippen LogP contribution in [0.5, 0.6) is 5.75 Å². The standard InChI is InChI=1S/C14H12F4N2O/c15-13-7-6-12(21-14(16,17)18)8-10(13)9-19-20-11-4-2-1-3-5-11/h1-8,19-20H,9H2. The van der Waals surface area contributed by atoms with Gasteiger partial charge in [-0.2, -0.15) is 0 Å². The number of hydrogen-bond acceptors (Lipinski definition) is 3. The third-order valence-corrected chi connectivity index (χ3v) is 2.54. The first-order valence-corrected chi connectivity index (χ1v) is 6.02. The molecule has 0 aliphatic rings. The molecule has 7 heteroatoms. The van der Waals surface area contributed by atoms with E-state index in [-0.39, 0.29) is 12.1 Å². The van der Waals surface area contributed by atoms with Crippen LogP contribution in [-0.2, 0) is 6.54 Å². The van der Waals surface area contributed by atoms with Gasteiger partial charge in [-0.25, -0.2) is 9.82 Å². The van der Waals surface area contributed by atoms with E-state index in [1.165, 1.54) is 0 Å². The largest absolute Gasteiger partial charge is 0.573 e. The molecule has 21 heavy (non-hydrogen) atoms. The molecule has 2 aromatic carbocycles. The van der Waals surface area contributed by atoms with Crippen LogP contribution in [0, 0.1) is 5.82 Å². The highest BCUT2D eigenvalue weighted by atomic mass is 19.4. The predicted molar refractivity (Wildman–Crippen MR) is 70.0 cm³/mol. The highest BCUT2D eigenvalue weighted by molar-refractivity contribution is 5.41. The van der Waals surface area contributed by atoms with Gasteiger partial charge >= 0.3 is 6.36 Å². The van der Waals surface area contributed by atoms with E-state index in [9.17, 15) is 17.6 Å². The molecule has 0 unspecified atom stereocenters. The zero-order chi connectivity index (χ0) is 15.3. The lowest BCUT2D eigenvalue weighted by molar-refractivity contribution is -0.274. The number of para-hydroxylation sites is 1. The van der Waals surface area contributed by atoms with Crippen LogP contribution in [0.15, 0.2) is 48.5 Å². The first kappa shape index (κ1) is 15.1. The molecule has 0 aromatic heterocycles. The molecule has 112 valence electrons. The normalized spacial score (nSPS) is 11.2. The zero-order valence-corrected chi connectivity index (χ0v) is 10.7. The summed E-state index contributed by atoms with van der Waals surface area (Å²) >= 11 is 0. The summed E-state index contributed by atoms with van der Waals surface area (Å²) in [5, 5.41) is 0. The lowest BCUT2D eigenvalue weighted by Gasteiger charge is -2.12. The zero-order valence-electron chi connectivity index (χ0n) is 10.7. The summed E-state index contributed by atoms with van der Waals surface area (Å²) in [7, 11) is 0. The Morgan fingerprint density at radius 1 is 1.00 bits per heavy atom. The van der Waals surface area contributed by atoms with Crippen molar-refractivity contribution in [2.75, 3.05) is 5.43 Å². The summed E-state index contributed by atoms with van der Waals surface area (Å²) in [6, 6.07) is 11.9. The average Bonchev–Trinajstić information content (AvgIpc) is 2.42. The average molecular weight is 300 g/mol. The number of ether oxygens (including phenoxy) is 1. The maximum Gasteiger partial charge on any atom is 0.573 e. The Morgan fingerprint density at radius 3 is 2.38 bits per heavy atom. The molecule has 0 bridgehead atoms. The minimum absolute atomic E-state index is 0.00418. The second-order valence-corrected chi connectivity index (χ2v) is 4.15. The minimum Gasteiger partial charge on any atom is -0.406 e. The highest BCUT2D eigenvalue weighted by Crippen LogP contribution is 2.24. The molecule has 0 atom stereocenters. The molecule has 0 aliphatic carbocycles. The van der Waals surface area contributed by atoms with Crippen LogP contribution >= 0.6 is 0 Å². The Kier molecular flexibility index (Phi) is 4.64. The first-order valence-electron chi connectivity index (χ1n) is 6.02. The smallest absolute Gasteiger partial charge is 0.406 e. The minimum atomic E-state index is -4.80. The fourth-order valence-electron chi connectivity index (χ4n) is 1.65. The fourth-order valence-corrected chi connectivity index (χ4v) is 1.65. The number of anilines is 1. The lowest BCUT2D eigenvalue weighted by Crippen LogP contribution is -2.22. The number of benzene rings is 2. The number of hydrazine groups is 1. The van der Waals surface area contributed by atoms with Gasteiger partial charge in [0.1, 0.15) is 11.6 Å². The molecule has 2 N–H and O–H groups in total. The van der Waals surface area contributed by atoms with Crippen LogP contribution in [0.3, 0.4) is 0 Å². The van der Waals surface area contributed by atoms with Crippen LogP contribution in [0.1, 0.15) is 5.56 Å². The van der Waals surface area contributed by atoms with Crippen LogP contribution in [-0.4, -0.2) is 6.36 Å². The number of nitrogens with one attached hydrogen (secondary N) is 2. The summed E-state index contributed by atoms with van der Waals surface area (Å²) in [5.74, 6) is -1.08. The fraction of sp³-hybridized carbons (Fsp3) is 0.143. The highest BCUT2D eigenvalue weighted by Gasteiger charge is 2.31. The summed E-state index contributed by atoms with van der Waals surface area (Å²) in [6.07, 6.45) is -4.80. The molecule has 2 rings (SSSR count). The topological polar surface area (TPSA) is 33.3 Å². The molecule has 0 saturated heterocycles. The quantitative estimate of drug-likeness (QED) is 0.650. The van der Waals surface area contributed by atoms with Crippen molar-refractivity contribution in [3.05, 3.63) is 59.9 Å². The third-order valence-electron chi connectivity index (χ3n) is 2.54. The van der Waals surface area contributed by atoms with Crippen LogP contribution < -0.4 is 15.6 Å². The van der Waals surface area contributed by atoms with Crippen molar-refractivity contribution in [2.45, 2.75) is 12.9 Å². The van der Waals surface area contributed by atoms with Crippen molar-refractivity contribution in [3.63, 3.8) is 0 Å². The maximum atomic E-state index is 13.5. The molecule has 0 spiro atoms. The van der Waals surface area contributed by atoms with Gasteiger partial charge in [-0.05, 0) is 30.3 Å². The van der Waals surface area contributed by atoms with E-state index in [1.807, 2.05) is 18.2 Å². The Balaban J connectivity index is 1.97. The second-order valence-electron chi connectivity index (χ2n) is 4.15. The van der Waals surface area contributed by atoms with E-state index >= 15 is 0 Å². The van der Waals surface area contributed by atoms with Gasteiger partial charge in [-0.3, -0.25) is 0 Å². The van der Waals surface area contributed by atoms with Gasteiger partial charge in [0.25, 0.3) is 0 Å². The van der Waals surface area contributed by atoms with Gasteiger partial charge in [0, 0.05) is 17.8 Å². The molecule has 0 fully saturated rings. The number of rotatable bonds is 5. The van der Waals surface area contributed by atoms with Crippen LogP contribution in [0.25, 0.3) is 0 Å². The van der Waals surface area contributed by atoms with Crippen molar-refractivity contribution in [1.82, 2.24) is 5.43 Å². The van der Waals surface area contributed by atoms with E-state index < -0.39 is 17.9 Å². The van der Waals surface area contributed by atoms with E-state index in [1.54, 1.807) is 12.1 Å². The first-order chi connectivity index (χ1) is 9.94. The Morgan fingerprint density at radius 2 is 1.71 bits per heavy atom. The number of alkyl halides is 3. The van der Waals surface area contributed by atoms with Crippen LogP contribution in [0.4, 0.5) is 23.2 Å². The van der Waals surface area contributed by atoms with Crippen LogP contribution in [0.2, 0.25) is 0 Å². The third kappa shape index (κ3) is 4.96. The summed E-state index contributed by atoms with van der Waals surface area (Å²) in [4.78, 5) is 0. The predicted octanol–water partition coefficient (Wildman–Crippen LogP) is 3.84. The Bertz CT molecular complexity index is 587. The molecule has 0 saturated carbocycles. The number of halogens is 4. The van der Waals surface area contributed by atoms with E-state index in [0.29, 0.717) is 0 Å². The molecule has 0 radical (unpaired) electrons.